The SMILES string of the molecule is CC1CCCO1.COc1cc(C)ccc1F. The van der Waals surface area contributed by atoms with E-state index >= 15 is 0 Å². The predicted molar refractivity (Wildman–Crippen MR) is 62.3 cm³/mol. The Bertz CT molecular complexity index is 320. The van der Waals surface area contributed by atoms with Gasteiger partial charge in [0.25, 0.3) is 0 Å². The molecule has 0 aliphatic carbocycles. The molecule has 16 heavy (non-hydrogen) atoms. The lowest BCUT2D eigenvalue weighted by Gasteiger charge is -2.00. The average molecular weight is 226 g/mol. The van der Waals surface area contributed by atoms with Crippen molar-refractivity contribution in [3.8, 4) is 5.75 Å². The van der Waals surface area contributed by atoms with E-state index in [2.05, 4.69) is 6.92 Å². The molecule has 1 saturated heterocycles. The van der Waals surface area contributed by atoms with Crippen LogP contribution in [0.4, 0.5) is 4.39 Å². The van der Waals surface area contributed by atoms with Gasteiger partial charge in [0.05, 0.1) is 13.2 Å². The maximum Gasteiger partial charge on any atom is 0.165 e. The van der Waals surface area contributed by atoms with Gasteiger partial charge < -0.3 is 9.47 Å². The van der Waals surface area contributed by atoms with Crippen LogP contribution in [0.25, 0.3) is 0 Å². The minimum atomic E-state index is -0.312. The Kier molecular flexibility index (Phi) is 5.26. The van der Waals surface area contributed by atoms with Crippen molar-refractivity contribution in [1.82, 2.24) is 0 Å². The van der Waals surface area contributed by atoms with Crippen LogP contribution >= 0.6 is 0 Å². The lowest BCUT2D eigenvalue weighted by atomic mass is 10.2. The van der Waals surface area contributed by atoms with Crippen molar-refractivity contribution >= 4 is 0 Å². The van der Waals surface area contributed by atoms with Gasteiger partial charge in [0.2, 0.25) is 0 Å². The van der Waals surface area contributed by atoms with E-state index in [1.807, 2.05) is 6.92 Å². The molecular weight excluding hydrogens is 207 g/mol. The third kappa shape index (κ3) is 4.19. The van der Waals surface area contributed by atoms with Crippen LogP contribution in [0.15, 0.2) is 18.2 Å². The summed E-state index contributed by atoms with van der Waals surface area (Å²) in [5.41, 5.74) is 0.998. The highest BCUT2D eigenvalue weighted by Gasteiger charge is 2.07. The maximum absolute atomic E-state index is 12.6. The number of hydrogen-bond donors (Lipinski definition) is 0. The molecule has 0 spiro atoms. The summed E-state index contributed by atoms with van der Waals surface area (Å²) in [4.78, 5) is 0. The first-order valence-corrected chi connectivity index (χ1v) is 5.55. The summed E-state index contributed by atoms with van der Waals surface area (Å²) >= 11 is 0. The van der Waals surface area contributed by atoms with Crippen LogP contribution in [0.5, 0.6) is 5.75 Å². The zero-order valence-corrected chi connectivity index (χ0v) is 10.1. The first kappa shape index (κ1) is 13.0. The van der Waals surface area contributed by atoms with Gasteiger partial charge in [-0.3, -0.25) is 0 Å². The summed E-state index contributed by atoms with van der Waals surface area (Å²) in [5, 5.41) is 0. The Labute approximate surface area is 96.4 Å². The Morgan fingerprint density at radius 2 is 2.19 bits per heavy atom. The fourth-order valence-electron chi connectivity index (χ4n) is 1.51. The molecular formula is C13H19FO2. The van der Waals surface area contributed by atoms with Crippen molar-refractivity contribution < 1.29 is 13.9 Å². The molecule has 0 radical (unpaired) electrons. The van der Waals surface area contributed by atoms with Crippen molar-refractivity contribution in [2.75, 3.05) is 13.7 Å². The highest BCUT2D eigenvalue weighted by molar-refractivity contribution is 5.29. The van der Waals surface area contributed by atoms with Gasteiger partial charge in [-0.1, -0.05) is 6.07 Å². The number of aryl methyl sites for hydroxylation is 1. The molecule has 1 unspecified atom stereocenters. The molecule has 1 aliphatic heterocycles. The van der Waals surface area contributed by atoms with E-state index in [1.165, 1.54) is 26.0 Å². The Hall–Kier alpha value is -1.09. The second-order valence-electron chi connectivity index (χ2n) is 3.96. The van der Waals surface area contributed by atoms with E-state index in [0.29, 0.717) is 11.9 Å². The van der Waals surface area contributed by atoms with Crippen LogP contribution in [0.2, 0.25) is 0 Å². The summed E-state index contributed by atoms with van der Waals surface area (Å²) in [7, 11) is 1.46. The third-order valence-electron chi connectivity index (χ3n) is 2.46. The number of benzene rings is 1. The van der Waals surface area contributed by atoms with Crippen molar-refractivity contribution in [3.05, 3.63) is 29.6 Å². The molecule has 0 amide bonds. The van der Waals surface area contributed by atoms with Gasteiger partial charge in [-0.2, -0.15) is 0 Å². The van der Waals surface area contributed by atoms with E-state index in [-0.39, 0.29) is 5.82 Å². The minimum absolute atomic E-state index is 0.306. The molecule has 0 saturated carbocycles. The summed E-state index contributed by atoms with van der Waals surface area (Å²) in [5.74, 6) is -0.00639. The van der Waals surface area contributed by atoms with Crippen molar-refractivity contribution in [2.24, 2.45) is 0 Å². The number of halogens is 1. The molecule has 1 heterocycles. The van der Waals surface area contributed by atoms with Crippen molar-refractivity contribution in [3.63, 3.8) is 0 Å². The fraction of sp³-hybridized carbons (Fsp3) is 0.538. The summed E-state index contributed by atoms with van der Waals surface area (Å²) in [6.45, 7) is 5.00. The van der Waals surface area contributed by atoms with Gasteiger partial charge in [0.1, 0.15) is 0 Å². The normalized spacial score (nSPS) is 18.9. The van der Waals surface area contributed by atoms with Crippen LogP contribution in [0.1, 0.15) is 25.3 Å². The van der Waals surface area contributed by atoms with Crippen molar-refractivity contribution in [2.45, 2.75) is 32.8 Å². The van der Waals surface area contributed by atoms with Gasteiger partial charge in [0.15, 0.2) is 11.6 Å². The molecule has 0 bridgehead atoms. The molecule has 3 heteroatoms. The smallest absolute Gasteiger partial charge is 0.165 e. The Morgan fingerprint density at radius 1 is 1.44 bits per heavy atom. The number of hydrogen-bond acceptors (Lipinski definition) is 2. The van der Waals surface area contributed by atoms with Crippen LogP contribution in [-0.2, 0) is 4.74 Å². The molecule has 2 rings (SSSR count). The summed E-state index contributed by atoms with van der Waals surface area (Å²) < 4.78 is 22.5. The number of ether oxygens (including phenoxy) is 2. The largest absolute Gasteiger partial charge is 0.494 e. The zero-order chi connectivity index (χ0) is 12.0. The molecule has 90 valence electrons. The highest BCUT2D eigenvalue weighted by Crippen LogP contribution is 2.16. The zero-order valence-electron chi connectivity index (χ0n) is 10.1. The standard InChI is InChI=1S/C8H9FO.C5H10O/c1-6-3-4-7(9)8(5-6)10-2;1-5-3-2-4-6-5/h3-5H,1-2H3;5H,2-4H2,1H3. The van der Waals surface area contributed by atoms with Gasteiger partial charge >= 0.3 is 0 Å². The van der Waals surface area contributed by atoms with Gasteiger partial charge in [-0.15, -0.1) is 0 Å². The van der Waals surface area contributed by atoms with Crippen LogP contribution in [-0.4, -0.2) is 19.8 Å². The number of rotatable bonds is 1. The topological polar surface area (TPSA) is 18.5 Å². The Balaban J connectivity index is 0.000000181. The van der Waals surface area contributed by atoms with E-state index < -0.39 is 0 Å². The maximum atomic E-state index is 12.6. The highest BCUT2D eigenvalue weighted by atomic mass is 19.1. The molecule has 0 aromatic heterocycles. The van der Waals surface area contributed by atoms with E-state index in [1.54, 1.807) is 12.1 Å². The van der Waals surface area contributed by atoms with E-state index in [9.17, 15) is 4.39 Å². The fourth-order valence-corrected chi connectivity index (χ4v) is 1.51. The average Bonchev–Trinajstić information content (AvgIpc) is 2.74. The summed E-state index contributed by atoms with van der Waals surface area (Å²) in [6.07, 6.45) is 3.08. The third-order valence-corrected chi connectivity index (χ3v) is 2.46. The Morgan fingerprint density at radius 3 is 2.56 bits per heavy atom. The monoisotopic (exact) mass is 226 g/mol. The molecule has 1 aliphatic rings. The molecule has 1 fully saturated rings. The van der Waals surface area contributed by atoms with Crippen LogP contribution in [0, 0.1) is 12.7 Å². The molecule has 1 aromatic rings. The molecule has 1 aromatic carbocycles. The first-order valence-electron chi connectivity index (χ1n) is 5.55. The van der Waals surface area contributed by atoms with Crippen molar-refractivity contribution in [1.29, 1.82) is 0 Å². The first-order chi connectivity index (χ1) is 7.63. The molecule has 2 nitrogen and oxygen atoms in total. The quantitative estimate of drug-likeness (QED) is 0.731. The van der Waals surface area contributed by atoms with Crippen LogP contribution in [0.3, 0.4) is 0 Å². The lowest BCUT2D eigenvalue weighted by molar-refractivity contribution is 0.125. The number of methoxy groups -OCH3 is 1. The summed E-state index contributed by atoms with van der Waals surface area (Å²) in [6, 6.07) is 4.77. The van der Waals surface area contributed by atoms with Gasteiger partial charge in [-0.25, -0.2) is 4.39 Å². The van der Waals surface area contributed by atoms with Crippen LogP contribution < -0.4 is 4.74 Å². The van der Waals surface area contributed by atoms with E-state index in [4.69, 9.17) is 9.47 Å². The van der Waals surface area contributed by atoms with E-state index in [0.717, 1.165) is 12.2 Å². The minimum Gasteiger partial charge on any atom is -0.494 e. The molecule has 0 N–H and O–H groups in total. The second kappa shape index (κ2) is 6.48. The molecule has 1 atom stereocenters. The predicted octanol–water partition coefficient (Wildman–Crippen LogP) is 3.33. The second-order valence-corrected chi connectivity index (χ2v) is 3.96. The van der Waals surface area contributed by atoms with Gasteiger partial charge in [-0.05, 0) is 44.4 Å². The van der Waals surface area contributed by atoms with Gasteiger partial charge in [0, 0.05) is 6.61 Å². The lowest BCUT2D eigenvalue weighted by Crippen LogP contribution is -1.94.